The van der Waals surface area contributed by atoms with Crippen LogP contribution in [0.25, 0.3) is 0 Å². The summed E-state index contributed by atoms with van der Waals surface area (Å²) in [6.07, 6.45) is 4.09. The zero-order valence-electron chi connectivity index (χ0n) is 24.1. The van der Waals surface area contributed by atoms with Gasteiger partial charge >= 0.3 is 17.9 Å². The summed E-state index contributed by atoms with van der Waals surface area (Å²) in [7, 11) is -4.77. The number of esters is 3. The quantitative estimate of drug-likeness (QED) is 0.127. The van der Waals surface area contributed by atoms with E-state index in [4.69, 9.17) is 14.2 Å². The van der Waals surface area contributed by atoms with E-state index in [1.807, 2.05) is 45.2 Å². The molecule has 7 aliphatic rings. The minimum absolute atomic E-state index is 0.0189. The van der Waals surface area contributed by atoms with Gasteiger partial charge in [-0.15, -0.1) is 0 Å². The van der Waals surface area contributed by atoms with Crippen LogP contribution in [0, 0.1) is 58.1 Å². The Balaban J connectivity index is 1.07. The van der Waals surface area contributed by atoms with Crippen LogP contribution in [0.2, 0.25) is 0 Å². The Morgan fingerprint density at radius 3 is 2.24 bits per heavy atom. The highest BCUT2D eigenvalue weighted by atomic mass is 127. The van der Waals surface area contributed by atoms with E-state index in [9.17, 15) is 32.5 Å². The molecule has 6 saturated carbocycles. The summed E-state index contributed by atoms with van der Waals surface area (Å²) in [6, 6.07) is 5.86. The summed E-state index contributed by atoms with van der Waals surface area (Å²) in [6.45, 7) is 0. The molecule has 14 heteroatoms. The van der Waals surface area contributed by atoms with Gasteiger partial charge in [-0.25, -0.2) is 13.2 Å². The predicted molar refractivity (Wildman–Crippen MR) is 184 cm³/mol. The smallest absolute Gasteiger partial charge is 0.343 e. The van der Waals surface area contributed by atoms with Gasteiger partial charge in [-0.3, -0.25) is 9.59 Å². The number of carbonyl (C=O) groups excluding carboxylic acids is 3. The van der Waals surface area contributed by atoms with Crippen LogP contribution in [0.15, 0.2) is 29.2 Å². The van der Waals surface area contributed by atoms with Gasteiger partial charge in [0, 0.05) is 19.0 Å². The second-order valence-electron chi connectivity index (χ2n) is 13.8. The van der Waals surface area contributed by atoms with Gasteiger partial charge in [0.25, 0.3) is 0 Å². The lowest BCUT2D eigenvalue weighted by atomic mass is 9.51. The number of phenolic OH excluding ortho intramolecular Hbond substituents is 1. The molecule has 1 aliphatic heterocycles. The fraction of sp³-hybridized carbons (Fsp3) is 0.531. The molecule has 2 aromatic carbocycles. The Morgan fingerprint density at radius 2 is 1.59 bits per heavy atom. The number of fused-ring (bicyclic) bond motifs is 1. The summed E-state index contributed by atoms with van der Waals surface area (Å²) in [4.78, 5) is 40.0. The van der Waals surface area contributed by atoms with Crippen LogP contribution in [-0.2, 0) is 29.2 Å². The molecule has 6 atom stereocenters. The van der Waals surface area contributed by atoms with Gasteiger partial charge in [-0.2, -0.15) is 0 Å². The average molecular weight is 985 g/mol. The largest absolute Gasteiger partial charge is 0.744 e. The number of hydrogen-bond donors (Lipinski definition) is 1. The molecule has 2 aromatic rings. The van der Waals surface area contributed by atoms with Crippen molar-refractivity contribution in [2.45, 2.75) is 61.5 Å². The number of phenols is 1. The normalized spacial score (nSPS) is 36.6. The fourth-order valence-electron chi connectivity index (χ4n) is 10.1. The van der Waals surface area contributed by atoms with Crippen LogP contribution in [0.5, 0.6) is 11.5 Å². The van der Waals surface area contributed by atoms with Crippen LogP contribution < -0.4 is 4.74 Å². The third-order valence-corrected chi connectivity index (χ3v) is 16.2. The van der Waals surface area contributed by atoms with Gasteiger partial charge in [0.15, 0.2) is 0 Å². The molecule has 0 radical (unpaired) electrons. The van der Waals surface area contributed by atoms with E-state index in [0.717, 1.165) is 29.3 Å². The molecule has 6 unspecified atom stereocenters. The Kier molecular flexibility index (Phi) is 7.93. The number of ether oxygens (including phenoxy) is 3. The zero-order chi connectivity index (χ0) is 32.4. The molecule has 7 fully saturated rings. The third kappa shape index (κ3) is 5.03. The maximum absolute atomic E-state index is 13.9. The number of halogens is 3. The highest BCUT2D eigenvalue weighted by Gasteiger charge is 2.70. The van der Waals surface area contributed by atoms with Crippen molar-refractivity contribution in [1.29, 1.82) is 0 Å². The van der Waals surface area contributed by atoms with E-state index >= 15 is 0 Å². The SMILES string of the molecule is O=C(OC1C2CC3C1OC(=O)C3C2C(=O)Oc1ccc(S(=O)(=O)[O-])c(C2C3CC4CC(C3)CC2C4)c1)c1c(O)c(I)cc(I)c1I. The lowest BCUT2D eigenvalue weighted by Crippen LogP contribution is -2.44. The Morgan fingerprint density at radius 1 is 0.913 bits per heavy atom. The second kappa shape index (κ2) is 11.4. The average Bonchev–Trinajstić information content (AvgIpc) is 3.59. The molecule has 46 heavy (non-hydrogen) atoms. The first kappa shape index (κ1) is 32.0. The van der Waals surface area contributed by atoms with E-state index < -0.39 is 58.0 Å². The molecule has 0 aromatic heterocycles. The summed E-state index contributed by atoms with van der Waals surface area (Å²) in [5.41, 5.74) is 0.445. The number of carbonyl (C=O) groups is 3. The van der Waals surface area contributed by atoms with Crippen molar-refractivity contribution in [1.82, 2.24) is 0 Å². The standard InChI is InChI=1S/C32H29I3O10S/c33-19-10-20(34)27(36)25(26(19)35)32(39)45-29-17-9-18-24(31(38)44-28(18)29)23(17)30(37)43-15-1-2-21(46(40,41)42)16(8-15)22-13-4-11-3-12(6-13)7-14(22)5-11/h1-2,8,10-14,17-18,22-24,28-29,36H,3-7,9H2,(H,40,41,42)/p-1. The molecular weight excluding hydrogens is 957 g/mol. The Hall–Kier alpha value is -1.25. The molecule has 10 nitrogen and oxygen atoms in total. The molecule has 244 valence electrons. The molecule has 1 N–H and O–H groups in total. The van der Waals surface area contributed by atoms with Crippen LogP contribution in [0.4, 0.5) is 0 Å². The highest BCUT2D eigenvalue weighted by molar-refractivity contribution is 14.1. The van der Waals surface area contributed by atoms with Crippen molar-refractivity contribution in [2.75, 3.05) is 0 Å². The summed E-state index contributed by atoms with van der Waals surface area (Å²) in [5, 5.41) is 10.7. The first-order chi connectivity index (χ1) is 21.8. The van der Waals surface area contributed by atoms with E-state index in [1.165, 1.54) is 18.6 Å². The van der Waals surface area contributed by atoms with Crippen LogP contribution in [-0.4, -0.2) is 48.2 Å². The number of hydrogen-bond acceptors (Lipinski definition) is 10. The molecule has 1 saturated heterocycles. The first-order valence-electron chi connectivity index (χ1n) is 15.4. The van der Waals surface area contributed by atoms with Crippen LogP contribution in [0.3, 0.4) is 0 Å². The molecule has 6 bridgehead atoms. The van der Waals surface area contributed by atoms with Crippen molar-refractivity contribution in [3.05, 3.63) is 46.1 Å². The van der Waals surface area contributed by atoms with Gasteiger partial charge in [0.2, 0.25) is 0 Å². The highest BCUT2D eigenvalue weighted by Crippen LogP contribution is 2.61. The second-order valence-corrected chi connectivity index (χ2v) is 18.5. The van der Waals surface area contributed by atoms with Crippen LogP contribution in [0.1, 0.15) is 60.4 Å². The van der Waals surface area contributed by atoms with Gasteiger partial charge in [-0.1, -0.05) is 0 Å². The molecule has 6 aliphatic carbocycles. The van der Waals surface area contributed by atoms with Crippen molar-refractivity contribution in [2.24, 2.45) is 47.3 Å². The van der Waals surface area contributed by atoms with Gasteiger partial charge in [0.1, 0.15) is 39.4 Å². The fourth-order valence-corrected chi connectivity index (χ4v) is 13.2. The van der Waals surface area contributed by atoms with Crippen molar-refractivity contribution >= 4 is 95.8 Å². The summed E-state index contributed by atoms with van der Waals surface area (Å²) >= 11 is 5.98. The van der Waals surface area contributed by atoms with Crippen LogP contribution >= 0.6 is 67.8 Å². The van der Waals surface area contributed by atoms with Gasteiger partial charge < -0.3 is 23.9 Å². The van der Waals surface area contributed by atoms with E-state index in [1.54, 1.807) is 12.1 Å². The lowest BCUT2D eigenvalue weighted by Gasteiger charge is -2.55. The number of rotatable bonds is 6. The summed E-state index contributed by atoms with van der Waals surface area (Å²) in [5.74, 6) is -2.87. The Bertz CT molecular complexity index is 1760. The molecule has 9 rings (SSSR count). The van der Waals surface area contributed by atoms with E-state index in [0.29, 0.717) is 31.0 Å². The van der Waals surface area contributed by atoms with E-state index in [2.05, 4.69) is 22.6 Å². The molecule has 0 amide bonds. The van der Waals surface area contributed by atoms with E-state index in [-0.39, 0.29) is 45.6 Å². The van der Waals surface area contributed by atoms with Crippen molar-refractivity contribution in [3.63, 3.8) is 0 Å². The lowest BCUT2D eigenvalue weighted by molar-refractivity contribution is -0.149. The third-order valence-electron chi connectivity index (χ3n) is 11.5. The summed E-state index contributed by atoms with van der Waals surface area (Å²) < 4.78 is 56.3. The minimum atomic E-state index is -4.77. The maximum Gasteiger partial charge on any atom is 0.343 e. The molecular formula is C32H28I3O10S-. The monoisotopic (exact) mass is 985 g/mol. The predicted octanol–water partition coefficient (Wildman–Crippen LogP) is 5.59. The van der Waals surface area contributed by atoms with Gasteiger partial charge in [-0.05, 0) is 166 Å². The minimum Gasteiger partial charge on any atom is -0.744 e. The molecule has 0 spiro atoms. The van der Waals surface area contributed by atoms with Crippen molar-refractivity contribution in [3.8, 4) is 11.5 Å². The topological polar surface area (TPSA) is 156 Å². The molecule has 1 heterocycles. The maximum atomic E-state index is 13.9. The van der Waals surface area contributed by atoms with Gasteiger partial charge in [0.05, 0.1) is 20.3 Å². The van der Waals surface area contributed by atoms with Crippen molar-refractivity contribution < 1.29 is 46.7 Å². The zero-order valence-corrected chi connectivity index (χ0v) is 31.4. The number of benzene rings is 2. The Labute approximate surface area is 306 Å². The first-order valence-corrected chi connectivity index (χ1v) is 20.0. The number of aromatic hydroxyl groups is 1.